The summed E-state index contributed by atoms with van der Waals surface area (Å²) in [5.41, 5.74) is 1.98. The van der Waals surface area contributed by atoms with E-state index < -0.39 is 0 Å². The van der Waals surface area contributed by atoms with Crippen LogP contribution in [0, 0.1) is 25.2 Å². The summed E-state index contributed by atoms with van der Waals surface area (Å²) in [6.07, 6.45) is 0. The number of nitriles is 1. The van der Waals surface area contributed by atoms with Gasteiger partial charge in [0.1, 0.15) is 6.07 Å². The number of nitrogens with zero attached hydrogens (tertiary/aromatic N) is 3. The number of aromatic nitrogens is 2. The number of hydrogen-bond acceptors (Lipinski definition) is 2. The van der Waals surface area contributed by atoms with Gasteiger partial charge in [-0.15, -0.1) is 0 Å². The van der Waals surface area contributed by atoms with Crippen molar-refractivity contribution in [3.63, 3.8) is 0 Å². The van der Waals surface area contributed by atoms with Crippen molar-refractivity contribution in [1.29, 1.82) is 5.26 Å². The van der Waals surface area contributed by atoms with E-state index in [0.717, 1.165) is 11.4 Å². The molecule has 3 heteroatoms. The van der Waals surface area contributed by atoms with Crippen LogP contribution in [0.5, 0.6) is 0 Å². The van der Waals surface area contributed by atoms with Crippen LogP contribution in [0.1, 0.15) is 17.2 Å². The summed E-state index contributed by atoms with van der Waals surface area (Å²) in [5.74, 6) is 0.481. The summed E-state index contributed by atoms with van der Waals surface area (Å²) < 4.78 is 1.79. The molecule has 1 heterocycles. The summed E-state index contributed by atoms with van der Waals surface area (Å²) >= 11 is 0. The van der Waals surface area contributed by atoms with E-state index in [0.29, 0.717) is 5.82 Å². The second kappa shape index (κ2) is 2.14. The number of hydrogen-bond donors (Lipinski definition) is 0. The highest BCUT2D eigenvalue weighted by molar-refractivity contribution is 5.21. The Hall–Kier alpha value is -1.30. The third kappa shape index (κ3) is 0.781. The second-order valence-corrected chi connectivity index (χ2v) is 2.28. The third-order valence-corrected chi connectivity index (χ3v) is 1.72. The highest BCUT2D eigenvalue weighted by atomic mass is 15.1. The first-order chi connectivity index (χ1) is 4.66. The van der Waals surface area contributed by atoms with Crippen molar-refractivity contribution < 1.29 is 0 Å². The molecule has 0 saturated carbocycles. The summed E-state index contributed by atoms with van der Waals surface area (Å²) in [6, 6.07) is 2.01. The molecular weight excluding hydrogens is 126 g/mol. The van der Waals surface area contributed by atoms with Gasteiger partial charge in [-0.3, -0.25) is 0 Å². The predicted octanol–water partition coefficient (Wildman–Crippen LogP) is 0.909. The quantitative estimate of drug-likeness (QED) is 0.530. The first kappa shape index (κ1) is 6.81. The molecule has 0 atom stereocenters. The Balaban J connectivity index is 3.34. The number of aryl methyl sites for hydroxylation is 1. The first-order valence-electron chi connectivity index (χ1n) is 3.07. The van der Waals surface area contributed by atoms with Gasteiger partial charge in [0.15, 0.2) is 0 Å². The Morgan fingerprint density at radius 1 is 1.50 bits per heavy atom. The molecule has 52 valence electrons. The van der Waals surface area contributed by atoms with Gasteiger partial charge in [0.2, 0.25) is 5.82 Å². The van der Waals surface area contributed by atoms with Crippen molar-refractivity contribution in [2.24, 2.45) is 7.05 Å². The molecule has 0 aromatic carbocycles. The van der Waals surface area contributed by atoms with Crippen molar-refractivity contribution >= 4 is 0 Å². The zero-order valence-corrected chi connectivity index (χ0v) is 6.34. The van der Waals surface area contributed by atoms with Crippen LogP contribution >= 0.6 is 0 Å². The molecule has 0 spiro atoms. The maximum atomic E-state index is 8.52. The van der Waals surface area contributed by atoms with Gasteiger partial charge in [0, 0.05) is 12.7 Å². The van der Waals surface area contributed by atoms with Crippen LogP contribution in [0.15, 0.2) is 0 Å². The highest BCUT2D eigenvalue weighted by Crippen LogP contribution is 2.05. The molecular formula is C7H9N3. The lowest BCUT2D eigenvalue weighted by molar-refractivity contribution is 0.852. The smallest absolute Gasteiger partial charge is 0.212 e. The van der Waals surface area contributed by atoms with Crippen LogP contribution in [0.2, 0.25) is 0 Å². The fraction of sp³-hybridized carbons (Fsp3) is 0.429. The average molecular weight is 135 g/mol. The van der Waals surface area contributed by atoms with Gasteiger partial charge in [0.05, 0.1) is 5.69 Å². The van der Waals surface area contributed by atoms with Crippen LogP contribution < -0.4 is 0 Å². The van der Waals surface area contributed by atoms with E-state index in [1.54, 1.807) is 4.57 Å². The van der Waals surface area contributed by atoms with E-state index in [1.807, 2.05) is 27.0 Å². The molecule has 10 heavy (non-hydrogen) atoms. The number of rotatable bonds is 0. The fourth-order valence-corrected chi connectivity index (χ4v) is 0.816. The Kier molecular flexibility index (Phi) is 1.46. The van der Waals surface area contributed by atoms with Crippen molar-refractivity contribution in [3.05, 3.63) is 17.2 Å². The summed E-state index contributed by atoms with van der Waals surface area (Å²) in [4.78, 5) is 4.03. The molecule has 0 unspecified atom stereocenters. The van der Waals surface area contributed by atoms with E-state index in [2.05, 4.69) is 4.98 Å². The first-order valence-corrected chi connectivity index (χ1v) is 3.07. The van der Waals surface area contributed by atoms with Crippen molar-refractivity contribution in [2.75, 3.05) is 0 Å². The lowest BCUT2D eigenvalue weighted by atomic mass is 10.4. The fourth-order valence-electron chi connectivity index (χ4n) is 0.816. The van der Waals surface area contributed by atoms with Crippen LogP contribution in [0.25, 0.3) is 0 Å². The van der Waals surface area contributed by atoms with Gasteiger partial charge < -0.3 is 4.57 Å². The summed E-state index contributed by atoms with van der Waals surface area (Å²) in [5, 5.41) is 8.52. The molecule has 0 fully saturated rings. The molecule has 0 aliphatic rings. The van der Waals surface area contributed by atoms with E-state index >= 15 is 0 Å². The van der Waals surface area contributed by atoms with Gasteiger partial charge in [-0.1, -0.05) is 0 Å². The van der Waals surface area contributed by atoms with Gasteiger partial charge >= 0.3 is 0 Å². The lowest BCUT2D eigenvalue weighted by Crippen LogP contribution is -1.94. The maximum Gasteiger partial charge on any atom is 0.212 e. The summed E-state index contributed by atoms with van der Waals surface area (Å²) in [6.45, 7) is 3.85. The zero-order valence-electron chi connectivity index (χ0n) is 6.34. The van der Waals surface area contributed by atoms with E-state index in [1.165, 1.54) is 0 Å². The minimum Gasteiger partial charge on any atom is -0.323 e. The Labute approximate surface area is 59.9 Å². The van der Waals surface area contributed by atoms with Gasteiger partial charge in [0.25, 0.3) is 0 Å². The van der Waals surface area contributed by atoms with E-state index in [-0.39, 0.29) is 0 Å². The molecule has 0 aliphatic carbocycles. The minimum atomic E-state index is 0.481. The van der Waals surface area contributed by atoms with Crippen molar-refractivity contribution in [2.45, 2.75) is 13.8 Å². The molecule has 0 N–H and O–H groups in total. The predicted molar refractivity (Wildman–Crippen MR) is 37.4 cm³/mol. The van der Waals surface area contributed by atoms with Crippen LogP contribution in [0.4, 0.5) is 0 Å². The topological polar surface area (TPSA) is 41.6 Å². The molecule has 1 aromatic heterocycles. The molecule has 0 amide bonds. The molecule has 3 nitrogen and oxygen atoms in total. The molecule has 1 aromatic rings. The van der Waals surface area contributed by atoms with E-state index in [4.69, 9.17) is 5.26 Å². The average Bonchev–Trinajstić information content (AvgIpc) is 2.17. The molecule has 0 aliphatic heterocycles. The van der Waals surface area contributed by atoms with Gasteiger partial charge in [-0.05, 0) is 13.8 Å². The van der Waals surface area contributed by atoms with E-state index in [9.17, 15) is 0 Å². The maximum absolute atomic E-state index is 8.52. The minimum absolute atomic E-state index is 0.481. The Morgan fingerprint density at radius 3 is 2.30 bits per heavy atom. The molecule has 0 bridgehead atoms. The number of imidazole rings is 1. The lowest BCUT2D eigenvalue weighted by Gasteiger charge is -1.93. The van der Waals surface area contributed by atoms with Crippen LogP contribution in [0.3, 0.4) is 0 Å². The third-order valence-electron chi connectivity index (χ3n) is 1.72. The highest BCUT2D eigenvalue weighted by Gasteiger charge is 2.04. The standard InChI is InChI=1S/C7H9N3/c1-5-6(2)10(3)7(4-8)9-5/h1-3H3. The van der Waals surface area contributed by atoms with Gasteiger partial charge in [-0.2, -0.15) is 5.26 Å². The molecule has 0 saturated heterocycles. The van der Waals surface area contributed by atoms with Crippen molar-refractivity contribution in [1.82, 2.24) is 9.55 Å². The molecule has 0 radical (unpaired) electrons. The van der Waals surface area contributed by atoms with Crippen LogP contribution in [-0.4, -0.2) is 9.55 Å². The van der Waals surface area contributed by atoms with Crippen molar-refractivity contribution in [3.8, 4) is 6.07 Å². The zero-order chi connectivity index (χ0) is 7.72. The van der Waals surface area contributed by atoms with Gasteiger partial charge in [-0.25, -0.2) is 4.98 Å². The summed E-state index contributed by atoms with van der Waals surface area (Å²) in [7, 11) is 1.84. The largest absolute Gasteiger partial charge is 0.323 e. The monoisotopic (exact) mass is 135 g/mol. The molecule has 1 rings (SSSR count). The Morgan fingerprint density at radius 2 is 2.10 bits per heavy atom. The normalized spacial score (nSPS) is 9.40. The second-order valence-electron chi connectivity index (χ2n) is 2.28. The van der Waals surface area contributed by atoms with Crippen LogP contribution in [-0.2, 0) is 7.05 Å². The Bertz CT molecular complexity index is 291. The SMILES string of the molecule is Cc1nc(C#N)n(C)c1C.